The summed E-state index contributed by atoms with van der Waals surface area (Å²) in [6.07, 6.45) is -0.741. The van der Waals surface area contributed by atoms with Crippen molar-refractivity contribution >= 4 is 17.3 Å². The van der Waals surface area contributed by atoms with E-state index in [9.17, 15) is 8.78 Å². The fourth-order valence-corrected chi connectivity index (χ4v) is 1.67. The lowest BCUT2D eigenvalue weighted by molar-refractivity contribution is -0.286. The number of benzene rings is 1. The molecule has 0 bridgehead atoms. The molecule has 1 aromatic heterocycles. The monoisotopic (exact) mass is 281 g/mol. The van der Waals surface area contributed by atoms with Crippen molar-refractivity contribution in [2.45, 2.75) is 6.29 Å². The summed E-state index contributed by atoms with van der Waals surface area (Å²) in [5.74, 6) is 5.89. The van der Waals surface area contributed by atoms with Gasteiger partial charge >= 0.3 is 6.29 Å². The maximum Gasteiger partial charge on any atom is 0.586 e. The van der Waals surface area contributed by atoms with Crippen LogP contribution in [0.2, 0.25) is 0 Å². The number of nitrogens with zero attached hydrogens (tertiary/aromatic N) is 2. The molecule has 0 saturated carbocycles. The third kappa shape index (κ3) is 2.38. The Morgan fingerprint density at radius 1 is 1.10 bits per heavy atom. The Hall–Kier alpha value is -2.68. The van der Waals surface area contributed by atoms with Gasteiger partial charge in [0.2, 0.25) is 0 Å². The molecular weight excluding hydrogens is 272 g/mol. The van der Waals surface area contributed by atoms with Crippen molar-refractivity contribution in [2.24, 2.45) is 5.84 Å². The molecule has 9 heteroatoms. The zero-order valence-corrected chi connectivity index (χ0v) is 9.93. The zero-order valence-electron chi connectivity index (χ0n) is 9.93. The van der Waals surface area contributed by atoms with Gasteiger partial charge in [-0.3, -0.25) is 4.98 Å². The van der Waals surface area contributed by atoms with E-state index in [0.29, 0.717) is 17.3 Å². The molecule has 20 heavy (non-hydrogen) atoms. The number of nitrogens with one attached hydrogen (secondary N) is 2. The summed E-state index contributed by atoms with van der Waals surface area (Å²) in [7, 11) is 0. The van der Waals surface area contributed by atoms with Gasteiger partial charge in [0.25, 0.3) is 0 Å². The molecule has 3 rings (SSSR count). The highest BCUT2D eigenvalue weighted by Gasteiger charge is 2.43. The Balaban J connectivity index is 1.82. The van der Waals surface area contributed by atoms with Crippen molar-refractivity contribution in [3.8, 4) is 11.5 Å². The van der Waals surface area contributed by atoms with Crippen molar-refractivity contribution in [1.82, 2.24) is 9.97 Å². The van der Waals surface area contributed by atoms with Crippen molar-refractivity contribution in [3.05, 3.63) is 30.6 Å². The number of alkyl halides is 2. The van der Waals surface area contributed by atoms with E-state index in [1.54, 1.807) is 6.07 Å². The van der Waals surface area contributed by atoms with Crippen LogP contribution >= 0.6 is 0 Å². The number of hydrazine groups is 1. The number of hydrogen-bond acceptors (Lipinski definition) is 7. The lowest BCUT2D eigenvalue weighted by Gasteiger charge is -2.07. The smallest absolute Gasteiger partial charge is 0.395 e. The first-order valence-corrected chi connectivity index (χ1v) is 5.51. The average molecular weight is 281 g/mol. The number of hydrogen-bond donors (Lipinski definition) is 3. The van der Waals surface area contributed by atoms with Gasteiger partial charge < -0.3 is 20.2 Å². The van der Waals surface area contributed by atoms with Crippen molar-refractivity contribution in [1.29, 1.82) is 0 Å². The predicted octanol–water partition coefficient (Wildman–Crippen LogP) is 1.83. The van der Waals surface area contributed by atoms with Gasteiger partial charge in [-0.05, 0) is 12.1 Å². The van der Waals surface area contributed by atoms with E-state index in [4.69, 9.17) is 5.84 Å². The molecule has 0 aliphatic carbocycles. The summed E-state index contributed by atoms with van der Waals surface area (Å²) in [5, 5.41) is 2.89. The second kappa shape index (κ2) is 4.46. The van der Waals surface area contributed by atoms with Gasteiger partial charge in [0.1, 0.15) is 0 Å². The summed E-state index contributed by atoms with van der Waals surface area (Å²) in [4.78, 5) is 7.98. The standard InChI is InChI=1S/C11H9F2N5O2/c12-11(13)19-7-2-1-6(3-8(7)20-11)16-9-4-15-5-10(17-9)18-14/h1-5H,14H2,(H2,16,17,18). The first kappa shape index (κ1) is 12.4. The number of halogens is 2. The quantitative estimate of drug-likeness (QED) is 0.583. The number of aromatic nitrogens is 2. The number of nitrogens with two attached hydrogens (primary N) is 1. The van der Waals surface area contributed by atoms with E-state index in [1.807, 2.05) is 0 Å². The van der Waals surface area contributed by atoms with Crippen LogP contribution in [0.3, 0.4) is 0 Å². The Kier molecular flexibility index (Phi) is 2.75. The predicted molar refractivity (Wildman–Crippen MR) is 65.8 cm³/mol. The van der Waals surface area contributed by atoms with Crippen LogP contribution in [0.25, 0.3) is 0 Å². The molecule has 0 spiro atoms. The first-order chi connectivity index (χ1) is 9.55. The van der Waals surface area contributed by atoms with Crippen molar-refractivity contribution in [3.63, 3.8) is 0 Å². The maximum absolute atomic E-state index is 12.9. The third-order valence-corrected chi connectivity index (χ3v) is 2.46. The summed E-state index contributed by atoms with van der Waals surface area (Å²) >= 11 is 0. The van der Waals surface area contributed by atoms with Crippen LogP contribution in [0.1, 0.15) is 0 Å². The van der Waals surface area contributed by atoms with Gasteiger partial charge in [0.05, 0.1) is 12.4 Å². The first-order valence-electron chi connectivity index (χ1n) is 5.51. The molecule has 0 atom stereocenters. The van der Waals surface area contributed by atoms with Crippen LogP contribution in [-0.4, -0.2) is 16.3 Å². The van der Waals surface area contributed by atoms with E-state index in [-0.39, 0.29) is 11.5 Å². The van der Waals surface area contributed by atoms with Crippen LogP contribution < -0.4 is 26.1 Å². The Labute approximate surface area is 111 Å². The molecular formula is C11H9F2N5O2. The summed E-state index contributed by atoms with van der Waals surface area (Å²) in [6, 6.07) is 4.30. The molecule has 1 aromatic carbocycles. The minimum absolute atomic E-state index is 0.0241. The minimum atomic E-state index is -3.63. The number of anilines is 3. The number of fused-ring (bicyclic) bond motifs is 1. The van der Waals surface area contributed by atoms with E-state index >= 15 is 0 Å². The fourth-order valence-electron chi connectivity index (χ4n) is 1.67. The second-order valence-corrected chi connectivity index (χ2v) is 3.89. The van der Waals surface area contributed by atoms with Gasteiger partial charge in [-0.1, -0.05) is 0 Å². The summed E-state index contributed by atoms with van der Waals surface area (Å²) in [6.45, 7) is 0. The van der Waals surface area contributed by atoms with E-state index < -0.39 is 6.29 Å². The molecule has 0 saturated heterocycles. The molecule has 0 radical (unpaired) electrons. The van der Waals surface area contributed by atoms with Crippen LogP contribution in [0.15, 0.2) is 30.6 Å². The highest BCUT2D eigenvalue weighted by atomic mass is 19.3. The van der Waals surface area contributed by atoms with Crippen molar-refractivity contribution < 1.29 is 18.3 Å². The fraction of sp³-hybridized carbons (Fsp3) is 0.0909. The van der Waals surface area contributed by atoms with Crippen LogP contribution in [0.5, 0.6) is 11.5 Å². The number of nitrogen functional groups attached to an aromatic ring is 1. The van der Waals surface area contributed by atoms with Gasteiger partial charge in [0.15, 0.2) is 23.1 Å². The molecule has 4 N–H and O–H groups in total. The van der Waals surface area contributed by atoms with Gasteiger partial charge in [-0.25, -0.2) is 10.8 Å². The Morgan fingerprint density at radius 3 is 2.65 bits per heavy atom. The van der Waals surface area contributed by atoms with Gasteiger partial charge in [-0.15, -0.1) is 8.78 Å². The topological polar surface area (TPSA) is 94.3 Å². The highest BCUT2D eigenvalue weighted by molar-refractivity contribution is 5.62. The van der Waals surface area contributed by atoms with Gasteiger partial charge in [0, 0.05) is 11.8 Å². The Morgan fingerprint density at radius 2 is 1.85 bits per heavy atom. The second-order valence-electron chi connectivity index (χ2n) is 3.89. The van der Waals surface area contributed by atoms with Crippen molar-refractivity contribution in [2.75, 3.05) is 10.7 Å². The van der Waals surface area contributed by atoms with Gasteiger partial charge in [-0.2, -0.15) is 0 Å². The molecule has 104 valence electrons. The van der Waals surface area contributed by atoms with Crippen LogP contribution in [0, 0.1) is 0 Å². The summed E-state index contributed by atoms with van der Waals surface area (Å²) < 4.78 is 34.4. The van der Waals surface area contributed by atoms with E-state index in [0.717, 1.165) is 0 Å². The minimum Gasteiger partial charge on any atom is -0.395 e. The SMILES string of the molecule is NNc1cncc(Nc2ccc3c(c2)OC(F)(F)O3)n1. The zero-order chi connectivity index (χ0) is 14.2. The molecule has 1 aliphatic heterocycles. The highest BCUT2D eigenvalue weighted by Crippen LogP contribution is 2.42. The lowest BCUT2D eigenvalue weighted by atomic mass is 10.3. The van der Waals surface area contributed by atoms with E-state index in [2.05, 4.69) is 30.2 Å². The maximum atomic E-state index is 12.9. The largest absolute Gasteiger partial charge is 0.586 e. The summed E-state index contributed by atoms with van der Waals surface area (Å²) in [5.41, 5.74) is 2.84. The Bertz CT molecular complexity index is 652. The third-order valence-electron chi connectivity index (χ3n) is 2.46. The molecule has 2 heterocycles. The average Bonchev–Trinajstić information content (AvgIpc) is 2.72. The lowest BCUT2D eigenvalue weighted by Crippen LogP contribution is -2.25. The number of ether oxygens (including phenoxy) is 2. The van der Waals surface area contributed by atoms with Crippen LogP contribution in [0.4, 0.5) is 26.1 Å². The molecule has 2 aromatic rings. The molecule has 0 fully saturated rings. The molecule has 0 unspecified atom stereocenters. The van der Waals surface area contributed by atoms with Crippen LogP contribution in [-0.2, 0) is 0 Å². The molecule has 7 nitrogen and oxygen atoms in total. The molecule has 0 amide bonds. The molecule has 1 aliphatic rings. The number of rotatable bonds is 3. The van der Waals surface area contributed by atoms with E-state index in [1.165, 1.54) is 24.5 Å². The normalized spacial score (nSPS) is 14.9.